The molecule has 1 aromatic heterocycles. The van der Waals surface area contributed by atoms with Crippen LogP contribution in [0.3, 0.4) is 0 Å². The van der Waals surface area contributed by atoms with Gasteiger partial charge in [0, 0.05) is 6.54 Å². The summed E-state index contributed by atoms with van der Waals surface area (Å²) in [7, 11) is 0. The number of β-lactam (4-membered cyclic amide) rings is 1. The van der Waals surface area contributed by atoms with E-state index < -0.39 is 5.97 Å². The van der Waals surface area contributed by atoms with Crippen molar-refractivity contribution in [3.63, 3.8) is 0 Å². The van der Waals surface area contributed by atoms with Gasteiger partial charge < -0.3 is 14.8 Å². The van der Waals surface area contributed by atoms with Crippen LogP contribution in [0.1, 0.15) is 23.5 Å². The minimum atomic E-state index is -1.22. The van der Waals surface area contributed by atoms with Crippen molar-refractivity contribution >= 4 is 28.9 Å². The van der Waals surface area contributed by atoms with Gasteiger partial charge in [0.1, 0.15) is 0 Å². The Labute approximate surface area is 91.1 Å². The van der Waals surface area contributed by atoms with Crippen LogP contribution in [-0.4, -0.2) is 18.4 Å². The highest BCUT2D eigenvalue weighted by Gasteiger charge is 2.45. The molecule has 15 heavy (non-hydrogen) atoms. The Morgan fingerprint density at radius 1 is 1.60 bits per heavy atom. The topological polar surface area (TPSA) is 60.4 Å². The summed E-state index contributed by atoms with van der Waals surface area (Å²) in [6, 6.07) is 1.64. The standard InChI is InChI=1S/C10H11NO3S/c1-10(2)5-11(9(10)14)6-3-4-15-7(6)8(12)13/h3-4H,5H2,1-2H3,(H,12,13)/p-1. The summed E-state index contributed by atoms with van der Waals surface area (Å²) in [6.07, 6.45) is 0. The van der Waals surface area contributed by atoms with Gasteiger partial charge in [-0.2, -0.15) is 0 Å². The zero-order chi connectivity index (χ0) is 11.2. The van der Waals surface area contributed by atoms with E-state index in [0.717, 1.165) is 11.3 Å². The normalized spacial score (nSPS) is 18.8. The van der Waals surface area contributed by atoms with Gasteiger partial charge in [-0.15, -0.1) is 11.3 Å². The molecule has 80 valence electrons. The van der Waals surface area contributed by atoms with Crippen LogP contribution in [0, 0.1) is 5.41 Å². The predicted molar refractivity (Wildman–Crippen MR) is 54.8 cm³/mol. The number of hydrogen-bond acceptors (Lipinski definition) is 4. The maximum atomic E-state index is 11.7. The number of carboxylic acid groups (broad SMARTS) is 1. The van der Waals surface area contributed by atoms with Crippen LogP contribution in [0.4, 0.5) is 5.69 Å². The van der Waals surface area contributed by atoms with Gasteiger partial charge in [0.05, 0.1) is 21.9 Å². The summed E-state index contributed by atoms with van der Waals surface area (Å²) in [4.78, 5) is 24.0. The summed E-state index contributed by atoms with van der Waals surface area (Å²) < 4.78 is 0. The molecule has 0 spiro atoms. The molecule has 2 heterocycles. The lowest BCUT2D eigenvalue weighted by Gasteiger charge is -2.44. The Bertz CT molecular complexity index is 436. The maximum absolute atomic E-state index is 11.7. The third-order valence-corrected chi connectivity index (χ3v) is 3.38. The average molecular weight is 224 g/mol. The van der Waals surface area contributed by atoms with Crippen LogP contribution in [0.2, 0.25) is 0 Å². The third-order valence-electron chi connectivity index (χ3n) is 2.50. The van der Waals surface area contributed by atoms with E-state index in [1.54, 1.807) is 11.4 Å². The Kier molecular flexibility index (Phi) is 2.08. The highest BCUT2D eigenvalue weighted by Crippen LogP contribution is 2.38. The van der Waals surface area contributed by atoms with Crippen LogP contribution in [-0.2, 0) is 4.79 Å². The first-order chi connectivity index (χ1) is 6.93. The summed E-state index contributed by atoms with van der Waals surface area (Å²) in [5, 5.41) is 12.4. The first kappa shape index (κ1) is 10.2. The molecule has 4 nitrogen and oxygen atoms in total. The zero-order valence-electron chi connectivity index (χ0n) is 8.44. The Balaban J connectivity index is 2.30. The highest BCUT2D eigenvalue weighted by atomic mass is 32.1. The Morgan fingerprint density at radius 3 is 2.73 bits per heavy atom. The molecular weight excluding hydrogens is 214 g/mol. The van der Waals surface area contributed by atoms with E-state index in [4.69, 9.17) is 0 Å². The predicted octanol–water partition coefficient (Wildman–Crippen LogP) is 0.484. The molecule has 1 aliphatic rings. The summed E-state index contributed by atoms with van der Waals surface area (Å²) in [5.74, 6) is -1.26. The van der Waals surface area contributed by atoms with Crippen molar-refractivity contribution in [3.8, 4) is 0 Å². The molecule has 0 aliphatic carbocycles. The van der Waals surface area contributed by atoms with Gasteiger partial charge in [0.15, 0.2) is 0 Å². The molecule has 0 atom stereocenters. The largest absolute Gasteiger partial charge is 0.544 e. The van der Waals surface area contributed by atoms with Crippen LogP contribution >= 0.6 is 11.3 Å². The molecule has 1 fully saturated rings. The fraction of sp³-hybridized carbons (Fsp3) is 0.400. The maximum Gasteiger partial charge on any atom is 0.234 e. The van der Waals surface area contributed by atoms with Gasteiger partial charge in [0.25, 0.3) is 0 Å². The average Bonchev–Trinajstić information content (AvgIpc) is 2.62. The van der Waals surface area contributed by atoms with E-state index in [0.29, 0.717) is 12.2 Å². The van der Waals surface area contributed by atoms with Gasteiger partial charge in [-0.05, 0) is 25.3 Å². The van der Waals surface area contributed by atoms with E-state index in [9.17, 15) is 14.7 Å². The Hall–Kier alpha value is -1.36. The van der Waals surface area contributed by atoms with Crippen molar-refractivity contribution in [1.29, 1.82) is 0 Å². The number of aromatic carboxylic acids is 1. The highest BCUT2D eigenvalue weighted by molar-refractivity contribution is 7.12. The molecule has 0 unspecified atom stereocenters. The first-order valence-corrected chi connectivity index (χ1v) is 5.42. The molecule has 0 saturated carbocycles. The van der Waals surface area contributed by atoms with E-state index in [2.05, 4.69) is 0 Å². The van der Waals surface area contributed by atoms with Crippen molar-refractivity contribution in [1.82, 2.24) is 0 Å². The number of carbonyl (C=O) groups excluding carboxylic acids is 2. The molecule has 5 heteroatoms. The second-order valence-corrected chi connectivity index (χ2v) is 5.11. The van der Waals surface area contributed by atoms with Crippen LogP contribution in [0.25, 0.3) is 0 Å². The monoisotopic (exact) mass is 224 g/mol. The fourth-order valence-electron chi connectivity index (χ4n) is 1.67. The molecular formula is C10H10NO3S-. The Morgan fingerprint density at radius 2 is 2.27 bits per heavy atom. The molecule has 2 rings (SSSR count). The van der Waals surface area contributed by atoms with Gasteiger partial charge in [0.2, 0.25) is 5.91 Å². The molecule has 0 N–H and O–H groups in total. The number of amides is 1. The van der Waals surface area contributed by atoms with Gasteiger partial charge in [-0.25, -0.2) is 0 Å². The van der Waals surface area contributed by atoms with Crippen molar-refractivity contribution in [3.05, 3.63) is 16.3 Å². The molecule has 1 amide bonds. The van der Waals surface area contributed by atoms with Crippen LogP contribution in [0.15, 0.2) is 11.4 Å². The van der Waals surface area contributed by atoms with E-state index in [1.807, 2.05) is 13.8 Å². The second kappa shape index (κ2) is 3.06. The summed E-state index contributed by atoms with van der Waals surface area (Å²) in [5.41, 5.74) is 0.0924. The number of thiophene rings is 1. The van der Waals surface area contributed by atoms with Crippen LogP contribution in [0.5, 0.6) is 0 Å². The number of carbonyl (C=O) groups is 2. The minimum absolute atomic E-state index is 0.0385. The SMILES string of the molecule is CC1(C)CN(c2ccsc2C(=O)[O-])C1=O. The second-order valence-electron chi connectivity index (χ2n) is 4.20. The fourth-order valence-corrected chi connectivity index (χ4v) is 2.40. The number of nitrogens with zero attached hydrogens (tertiary/aromatic N) is 1. The summed E-state index contributed by atoms with van der Waals surface area (Å²) >= 11 is 1.08. The third kappa shape index (κ3) is 1.43. The smallest absolute Gasteiger partial charge is 0.234 e. The van der Waals surface area contributed by atoms with Crippen molar-refractivity contribution in [2.75, 3.05) is 11.4 Å². The molecule has 1 saturated heterocycles. The number of rotatable bonds is 2. The first-order valence-electron chi connectivity index (χ1n) is 4.54. The van der Waals surface area contributed by atoms with Crippen molar-refractivity contribution < 1.29 is 14.7 Å². The lowest BCUT2D eigenvalue weighted by atomic mass is 9.83. The van der Waals surface area contributed by atoms with E-state index in [1.165, 1.54) is 4.90 Å². The van der Waals surface area contributed by atoms with E-state index >= 15 is 0 Å². The number of carboxylic acids is 1. The number of hydrogen-bond donors (Lipinski definition) is 0. The van der Waals surface area contributed by atoms with Crippen LogP contribution < -0.4 is 10.0 Å². The molecule has 1 aromatic rings. The minimum Gasteiger partial charge on any atom is -0.544 e. The quantitative estimate of drug-likeness (QED) is 0.687. The van der Waals surface area contributed by atoms with Gasteiger partial charge in [-0.1, -0.05) is 0 Å². The molecule has 0 bridgehead atoms. The molecule has 0 radical (unpaired) electrons. The zero-order valence-corrected chi connectivity index (χ0v) is 9.26. The van der Waals surface area contributed by atoms with Gasteiger partial charge >= 0.3 is 0 Å². The lowest BCUT2D eigenvalue weighted by molar-refractivity contribution is -0.254. The molecule has 0 aromatic carbocycles. The summed E-state index contributed by atoms with van der Waals surface area (Å²) in [6.45, 7) is 4.25. The van der Waals surface area contributed by atoms with Crippen molar-refractivity contribution in [2.24, 2.45) is 5.41 Å². The number of anilines is 1. The molecule has 1 aliphatic heterocycles. The van der Waals surface area contributed by atoms with Crippen molar-refractivity contribution in [2.45, 2.75) is 13.8 Å². The van der Waals surface area contributed by atoms with Gasteiger partial charge in [-0.3, -0.25) is 4.79 Å². The lowest BCUT2D eigenvalue weighted by Crippen LogP contribution is -2.59. The van der Waals surface area contributed by atoms with E-state index in [-0.39, 0.29) is 16.2 Å².